The third-order valence-electron chi connectivity index (χ3n) is 8.57. The predicted octanol–water partition coefficient (Wildman–Crippen LogP) is 6.14. The Kier molecular flexibility index (Phi) is 5.78. The van der Waals surface area contributed by atoms with Crippen molar-refractivity contribution in [2.75, 3.05) is 25.6 Å². The van der Waals surface area contributed by atoms with Gasteiger partial charge in [-0.2, -0.15) is 0 Å². The molecule has 2 aromatic heterocycles. The van der Waals surface area contributed by atoms with Crippen molar-refractivity contribution < 1.29 is 9.31 Å². The summed E-state index contributed by atoms with van der Waals surface area (Å²) in [6.45, 7) is 10.2. The van der Waals surface area contributed by atoms with Gasteiger partial charge in [0.2, 0.25) is 0 Å². The number of pyridine rings is 2. The number of anilines is 1. The molecule has 5 heteroatoms. The van der Waals surface area contributed by atoms with E-state index in [1.165, 1.54) is 54.6 Å². The second-order valence-corrected chi connectivity index (χ2v) is 11.0. The van der Waals surface area contributed by atoms with E-state index in [1.807, 2.05) is 12.4 Å². The summed E-state index contributed by atoms with van der Waals surface area (Å²) < 4.78 is 7.92. The lowest BCUT2D eigenvalue weighted by Gasteiger charge is -2.35. The molecule has 2 aliphatic heterocycles. The Labute approximate surface area is 204 Å². The number of nitrogens with zero attached hydrogens (tertiary/aromatic N) is 4. The molecule has 1 fully saturated rings. The minimum absolute atomic E-state index is 0.110. The molecule has 1 unspecified atom stereocenters. The summed E-state index contributed by atoms with van der Waals surface area (Å²) in [4.78, 5) is 12.1. The Morgan fingerprint density at radius 2 is 1.91 bits per heavy atom. The van der Waals surface area contributed by atoms with E-state index in [2.05, 4.69) is 68.5 Å². The zero-order chi connectivity index (χ0) is 24.1. The molecule has 0 amide bonds. The highest BCUT2D eigenvalue weighted by Crippen LogP contribution is 2.53. The zero-order valence-electron chi connectivity index (χ0n) is 21.7. The Bertz CT molecular complexity index is 1160. The number of allylic oxidation sites excluding steroid dienone is 2. The summed E-state index contributed by atoms with van der Waals surface area (Å²) in [5.74, 6) is 3.74. The van der Waals surface area contributed by atoms with Gasteiger partial charge in [-0.1, -0.05) is 32.1 Å². The molecular formula is C29H39N4O+. The van der Waals surface area contributed by atoms with E-state index >= 15 is 0 Å². The average Bonchev–Trinajstić information content (AvgIpc) is 3.19. The van der Waals surface area contributed by atoms with Crippen molar-refractivity contribution in [3.8, 4) is 5.75 Å². The first kappa shape index (κ1) is 23.1. The van der Waals surface area contributed by atoms with Gasteiger partial charge in [0.15, 0.2) is 0 Å². The molecular weight excluding hydrogens is 420 g/mol. The maximum absolute atomic E-state index is 5.63. The molecule has 1 atom stereocenters. The Morgan fingerprint density at radius 3 is 2.59 bits per heavy atom. The molecule has 0 spiro atoms. The smallest absolute Gasteiger partial charge is 0.327 e. The summed E-state index contributed by atoms with van der Waals surface area (Å²) in [5, 5.41) is 0. The maximum Gasteiger partial charge on any atom is 0.327 e. The van der Waals surface area contributed by atoms with Gasteiger partial charge < -0.3 is 9.64 Å². The highest BCUT2D eigenvalue weighted by atomic mass is 16.5. The normalized spacial score (nSPS) is 25.1. The average molecular weight is 460 g/mol. The topological polar surface area (TPSA) is 41.3 Å². The van der Waals surface area contributed by atoms with Gasteiger partial charge in [0.1, 0.15) is 23.5 Å². The van der Waals surface area contributed by atoms with Crippen LogP contribution in [0.1, 0.15) is 77.3 Å². The van der Waals surface area contributed by atoms with Crippen LogP contribution in [0.3, 0.4) is 0 Å². The number of methoxy groups -OCH3 is 1. The van der Waals surface area contributed by atoms with Gasteiger partial charge in [-0.25, -0.2) is 9.56 Å². The van der Waals surface area contributed by atoms with E-state index < -0.39 is 0 Å². The van der Waals surface area contributed by atoms with Gasteiger partial charge in [-0.15, -0.1) is 0 Å². The molecule has 4 heterocycles. The van der Waals surface area contributed by atoms with Crippen molar-refractivity contribution >= 4 is 17.3 Å². The Hall–Kier alpha value is -2.69. The molecule has 0 N–H and O–H groups in total. The van der Waals surface area contributed by atoms with E-state index in [1.54, 1.807) is 7.11 Å². The molecule has 0 radical (unpaired) electrons. The SMILES string of the molecule is CCN1C(=CC2=[N+](C)c3ncccc3C2(C)C)C(C)(CC2CCCCC2)c2cc(OC)cnc21. The van der Waals surface area contributed by atoms with Crippen molar-refractivity contribution in [3.63, 3.8) is 0 Å². The van der Waals surface area contributed by atoms with Crippen LogP contribution >= 0.6 is 0 Å². The fourth-order valence-corrected chi connectivity index (χ4v) is 6.69. The fourth-order valence-electron chi connectivity index (χ4n) is 6.69. The molecule has 5 nitrogen and oxygen atoms in total. The number of hydrogen-bond donors (Lipinski definition) is 0. The molecule has 0 saturated heterocycles. The highest BCUT2D eigenvalue weighted by Gasteiger charge is 2.49. The fraction of sp³-hybridized carbons (Fsp3) is 0.552. The molecule has 0 bridgehead atoms. The molecule has 5 rings (SSSR count). The Morgan fingerprint density at radius 1 is 1.15 bits per heavy atom. The monoisotopic (exact) mass is 459 g/mol. The van der Waals surface area contributed by atoms with Crippen LogP contribution in [0.5, 0.6) is 5.75 Å². The van der Waals surface area contributed by atoms with Crippen molar-refractivity contribution in [1.29, 1.82) is 0 Å². The summed E-state index contributed by atoms with van der Waals surface area (Å²) >= 11 is 0. The first-order valence-electron chi connectivity index (χ1n) is 12.9. The van der Waals surface area contributed by atoms with E-state index in [-0.39, 0.29) is 10.8 Å². The minimum Gasteiger partial charge on any atom is -0.495 e. The molecule has 34 heavy (non-hydrogen) atoms. The van der Waals surface area contributed by atoms with Gasteiger partial charge in [-0.05, 0) is 63.2 Å². The van der Waals surface area contributed by atoms with Crippen LogP contribution in [0.15, 0.2) is 42.4 Å². The third kappa shape index (κ3) is 3.47. The summed E-state index contributed by atoms with van der Waals surface area (Å²) in [7, 11) is 3.90. The van der Waals surface area contributed by atoms with Crippen LogP contribution in [0.25, 0.3) is 0 Å². The first-order chi connectivity index (χ1) is 16.3. The standard InChI is InChI=1S/C29H39N4O/c1-7-33-25(17-24-28(2,3)22-14-11-15-30-26(22)32(24)5)29(4,18-20-12-9-8-10-13-20)23-16-21(34-6)19-31-27(23)33/h11,14-17,19-20H,7-10,12-13,18H2,1-6H3/q+1. The van der Waals surface area contributed by atoms with Gasteiger partial charge in [0.25, 0.3) is 0 Å². The number of fused-ring (bicyclic) bond motifs is 2. The van der Waals surface area contributed by atoms with Crippen LogP contribution in [0.2, 0.25) is 0 Å². The van der Waals surface area contributed by atoms with Crippen molar-refractivity contribution in [1.82, 2.24) is 9.97 Å². The highest BCUT2D eigenvalue weighted by molar-refractivity contribution is 6.04. The van der Waals surface area contributed by atoms with Crippen LogP contribution in [0, 0.1) is 5.92 Å². The van der Waals surface area contributed by atoms with Crippen molar-refractivity contribution in [2.24, 2.45) is 5.92 Å². The Balaban J connectivity index is 1.68. The number of hydrogen-bond acceptors (Lipinski definition) is 4. The first-order valence-corrected chi connectivity index (χ1v) is 12.9. The van der Waals surface area contributed by atoms with Crippen LogP contribution < -0.4 is 9.64 Å². The number of ether oxygens (including phenoxy) is 1. The third-order valence-corrected chi connectivity index (χ3v) is 8.57. The van der Waals surface area contributed by atoms with E-state index in [4.69, 9.17) is 14.7 Å². The quantitative estimate of drug-likeness (QED) is 0.503. The van der Waals surface area contributed by atoms with Crippen LogP contribution in [0.4, 0.5) is 11.6 Å². The van der Waals surface area contributed by atoms with Gasteiger partial charge >= 0.3 is 5.82 Å². The van der Waals surface area contributed by atoms with Gasteiger partial charge in [0.05, 0.1) is 31.3 Å². The second kappa shape index (κ2) is 8.51. The number of rotatable bonds is 5. The minimum atomic E-state index is -0.115. The molecule has 1 aliphatic carbocycles. The summed E-state index contributed by atoms with van der Waals surface area (Å²) in [6, 6.07) is 6.51. The van der Waals surface area contributed by atoms with E-state index in [9.17, 15) is 0 Å². The molecule has 180 valence electrons. The molecule has 3 aliphatic rings. The van der Waals surface area contributed by atoms with Crippen molar-refractivity contribution in [2.45, 2.75) is 77.0 Å². The van der Waals surface area contributed by atoms with E-state index in [0.717, 1.165) is 36.3 Å². The maximum atomic E-state index is 5.63. The van der Waals surface area contributed by atoms with Crippen LogP contribution in [-0.2, 0) is 10.8 Å². The lowest BCUT2D eigenvalue weighted by atomic mass is 9.70. The number of likely N-dealkylation sites (N-methyl/N-ethyl adjacent to an activating group) is 1. The van der Waals surface area contributed by atoms with Crippen LogP contribution in [-0.4, -0.2) is 41.0 Å². The summed E-state index contributed by atoms with van der Waals surface area (Å²) in [6.07, 6.45) is 14.1. The lowest BCUT2D eigenvalue weighted by Crippen LogP contribution is -2.35. The number of aromatic nitrogens is 2. The predicted molar refractivity (Wildman–Crippen MR) is 139 cm³/mol. The zero-order valence-corrected chi connectivity index (χ0v) is 21.7. The lowest BCUT2D eigenvalue weighted by molar-refractivity contribution is -0.406. The second-order valence-electron chi connectivity index (χ2n) is 11.0. The largest absolute Gasteiger partial charge is 0.495 e. The van der Waals surface area contributed by atoms with Gasteiger partial charge in [-0.3, -0.25) is 0 Å². The van der Waals surface area contributed by atoms with Crippen molar-refractivity contribution in [3.05, 3.63) is 53.5 Å². The molecule has 1 saturated carbocycles. The van der Waals surface area contributed by atoms with E-state index in [0.29, 0.717) is 0 Å². The summed E-state index contributed by atoms with van der Waals surface area (Å²) in [5.41, 5.74) is 5.03. The molecule has 2 aromatic rings. The molecule has 0 aromatic carbocycles. The van der Waals surface area contributed by atoms with Gasteiger partial charge in [0, 0.05) is 29.3 Å².